The van der Waals surface area contributed by atoms with Crippen LogP contribution in [0.25, 0.3) is 0 Å². The SMILES string of the molecule is CC(=O)NCc1ccc(C(=O)C(C)OC(=O)C2CCC(C(C)(C)C)CC2)s1. The highest BCUT2D eigenvalue weighted by molar-refractivity contribution is 7.14. The van der Waals surface area contributed by atoms with Crippen LogP contribution in [0.3, 0.4) is 0 Å². The number of rotatable bonds is 6. The Morgan fingerprint density at radius 3 is 2.37 bits per heavy atom. The molecule has 1 atom stereocenters. The molecule has 27 heavy (non-hydrogen) atoms. The number of Topliss-reactive ketones (excluding diaryl/α,β-unsaturated/α-hetero) is 1. The lowest BCUT2D eigenvalue weighted by atomic mass is 9.70. The number of ether oxygens (including phenoxy) is 1. The molecule has 2 rings (SSSR count). The molecule has 1 fully saturated rings. The molecule has 150 valence electrons. The Morgan fingerprint density at radius 2 is 1.81 bits per heavy atom. The molecule has 1 heterocycles. The van der Waals surface area contributed by atoms with E-state index in [2.05, 4.69) is 26.1 Å². The molecule has 1 aromatic heterocycles. The molecule has 1 saturated carbocycles. The summed E-state index contributed by atoms with van der Waals surface area (Å²) in [5.41, 5.74) is 0.270. The summed E-state index contributed by atoms with van der Waals surface area (Å²) in [4.78, 5) is 37.4. The van der Waals surface area contributed by atoms with E-state index in [-0.39, 0.29) is 29.0 Å². The molecule has 1 aromatic rings. The van der Waals surface area contributed by atoms with Crippen molar-refractivity contribution in [1.82, 2.24) is 5.32 Å². The highest BCUT2D eigenvalue weighted by atomic mass is 32.1. The molecule has 5 nitrogen and oxygen atoms in total. The van der Waals surface area contributed by atoms with Crippen LogP contribution < -0.4 is 5.32 Å². The van der Waals surface area contributed by atoms with Gasteiger partial charge in [-0.3, -0.25) is 14.4 Å². The minimum atomic E-state index is -0.787. The van der Waals surface area contributed by atoms with Gasteiger partial charge in [-0.2, -0.15) is 0 Å². The summed E-state index contributed by atoms with van der Waals surface area (Å²) in [6, 6.07) is 3.54. The lowest BCUT2D eigenvalue weighted by molar-refractivity contribution is -0.153. The first kappa shape index (κ1) is 21.6. The summed E-state index contributed by atoms with van der Waals surface area (Å²) < 4.78 is 5.48. The van der Waals surface area contributed by atoms with Gasteiger partial charge in [-0.05, 0) is 56.1 Å². The zero-order valence-corrected chi connectivity index (χ0v) is 17.8. The molecule has 0 radical (unpaired) electrons. The predicted octanol–water partition coefficient (Wildman–Crippen LogP) is 4.35. The quantitative estimate of drug-likeness (QED) is 0.576. The summed E-state index contributed by atoms with van der Waals surface area (Å²) >= 11 is 1.32. The van der Waals surface area contributed by atoms with Gasteiger partial charge in [0.2, 0.25) is 11.7 Å². The first-order chi connectivity index (χ1) is 12.6. The molecule has 0 aromatic carbocycles. The van der Waals surface area contributed by atoms with Crippen LogP contribution in [-0.2, 0) is 20.9 Å². The lowest BCUT2D eigenvalue weighted by Gasteiger charge is -2.36. The van der Waals surface area contributed by atoms with Crippen molar-refractivity contribution in [2.45, 2.75) is 73.0 Å². The van der Waals surface area contributed by atoms with E-state index < -0.39 is 6.10 Å². The van der Waals surface area contributed by atoms with Crippen molar-refractivity contribution in [3.8, 4) is 0 Å². The van der Waals surface area contributed by atoms with Crippen molar-refractivity contribution >= 4 is 29.0 Å². The zero-order chi connectivity index (χ0) is 20.2. The molecular formula is C21H31NO4S. The van der Waals surface area contributed by atoms with Gasteiger partial charge in [0.15, 0.2) is 6.10 Å². The van der Waals surface area contributed by atoms with Gasteiger partial charge < -0.3 is 10.1 Å². The summed E-state index contributed by atoms with van der Waals surface area (Å²) in [5, 5.41) is 2.71. The number of amides is 1. The van der Waals surface area contributed by atoms with Gasteiger partial charge in [-0.15, -0.1) is 11.3 Å². The maximum Gasteiger partial charge on any atom is 0.309 e. The minimum Gasteiger partial charge on any atom is -0.454 e. The Morgan fingerprint density at radius 1 is 1.19 bits per heavy atom. The highest BCUT2D eigenvalue weighted by Gasteiger charge is 2.34. The van der Waals surface area contributed by atoms with Crippen molar-refractivity contribution < 1.29 is 19.1 Å². The van der Waals surface area contributed by atoms with Crippen LogP contribution in [0.4, 0.5) is 0 Å². The fourth-order valence-electron chi connectivity index (χ4n) is 3.54. The fraction of sp³-hybridized carbons (Fsp3) is 0.667. The van der Waals surface area contributed by atoms with Crippen molar-refractivity contribution in [2.24, 2.45) is 17.3 Å². The normalized spacial score (nSPS) is 21.4. The number of hydrogen-bond donors (Lipinski definition) is 1. The summed E-state index contributed by atoms with van der Waals surface area (Å²) in [5.74, 6) is -0.0185. The topological polar surface area (TPSA) is 72.5 Å². The molecule has 1 aliphatic carbocycles. The van der Waals surface area contributed by atoms with Crippen LogP contribution in [0.15, 0.2) is 12.1 Å². The van der Waals surface area contributed by atoms with E-state index in [1.54, 1.807) is 13.0 Å². The third-order valence-electron chi connectivity index (χ3n) is 5.36. The number of carbonyl (C=O) groups is 3. The number of thiophene rings is 1. The van der Waals surface area contributed by atoms with E-state index in [1.807, 2.05) is 6.07 Å². The molecular weight excluding hydrogens is 362 g/mol. The summed E-state index contributed by atoms with van der Waals surface area (Å²) in [6.07, 6.45) is 2.94. The van der Waals surface area contributed by atoms with E-state index in [0.717, 1.165) is 30.6 Å². The molecule has 1 unspecified atom stereocenters. The fourth-order valence-corrected chi connectivity index (χ4v) is 4.50. The minimum absolute atomic E-state index is 0.0995. The van der Waals surface area contributed by atoms with Crippen LogP contribution >= 0.6 is 11.3 Å². The van der Waals surface area contributed by atoms with Crippen LogP contribution in [0, 0.1) is 17.3 Å². The number of hydrogen-bond acceptors (Lipinski definition) is 5. The molecule has 1 amide bonds. The van der Waals surface area contributed by atoms with Gasteiger partial charge in [0.1, 0.15) is 0 Å². The monoisotopic (exact) mass is 393 g/mol. The van der Waals surface area contributed by atoms with Crippen molar-refractivity contribution in [3.05, 3.63) is 21.9 Å². The van der Waals surface area contributed by atoms with Gasteiger partial charge in [-0.1, -0.05) is 20.8 Å². The van der Waals surface area contributed by atoms with E-state index >= 15 is 0 Å². The maximum absolute atomic E-state index is 12.5. The molecule has 1 N–H and O–H groups in total. The Bertz CT molecular complexity index is 681. The van der Waals surface area contributed by atoms with Crippen molar-refractivity contribution in [2.75, 3.05) is 0 Å². The van der Waals surface area contributed by atoms with E-state index in [4.69, 9.17) is 4.74 Å². The number of carbonyl (C=O) groups excluding carboxylic acids is 3. The van der Waals surface area contributed by atoms with Gasteiger partial charge in [0, 0.05) is 11.8 Å². The Labute approximate surface area is 165 Å². The molecule has 0 saturated heterocycles. The third-order valence-corrected chi connectivity index (χ3v) is 6.46. The van der Waals surface area contributed by atoms with Crippen LogP contribution in [0.5, 0.6) is 0 Å². The molecule has 0 aliphatic heterocycles. The van der Waals surface area contributed by atoms with E-state index in [0.29, 0.717) is 17.3 Å². The second-order valence-corrected chi connectivity index (χ2v) is 9.70. The Hall–Kier alpha value is -1.69. The first-order valence-electron chi connectivity index (χ1n) is 9.65. The van der Waals surface area contributed by atoms with Crippen LogP contribution in [-0.4, -0.2) is 23.8 Å². The van der Waals surface area contributed by atoms with Crippen molar-refractivity contribution in [3.63, 3.8) is 0 Å². The molecule has 0 bridgehead atoms. The van der Waals surface area contributed by atoms with Gasteiger partial charge in [0.25, 0.3) is 0 Å². The largest absolute Gasteiger partial charge is 0.454 e. The van der Waals surface area contributed by atoms with Gasteiger partial charge in [0.05, 0.1) is 17.3 Å². The maximum atomic E-state index is 12.5. The van der Waals surface area contributed by atoms with E-state index in [1.165, 1.54) is 18.3 Å². The standard InChI is InChI=1S/C21H31NO4S/c1-13(19(24)18-11-10-17(27-18)12-22-14(2)23)26-20(25)15-6-8-16(9-7-15)21(3,4)5/h10-11,13,15-16H,6-9,12H2,1-5H3,(H,22,23). The number of esters is 1. The van der Waals surface area contributed by atoms with Crippen LogP contribution in [0.2, 0.25) is 0 Å². The predicted molar refractivity (Wildman–Crippen MR) is 107 cm³/mol. The van der Waals surface area contributed by atoms with Crippen LogP contribution in [0.1, 0.15) is 74.9 Å². The highest BCUT2D eigenvalue weighted by Crippen LogP contribution is 2.40. The zero-order valence-electron chi connectivity index (χ0n) is 17.0. The number of nitrogens with one attached hydrogen (secondary N) is 1. The average molecular weight is 394 g/mol. The van der Waals surface area contributed by atoms with Crippen molar-refractivity contribution in [1.29, 1.82) is 0 Å². The third kappa shape index (κ3) is 6.16. The second kappa shape index (κ2) is 9.00. The summed E-state index contributed by atoms with van der Waals surface area (Å²) in [6.45, 7) is 10.2. The number of ketones is 1. The molecule has 1 aliphatic rings. The lowest BCUT2D eigenvalue weighted by Crippen LogP contribution is -2.32. The van der Waals surface area contributed by atoms with Gasteiger partial charge >= 0.3 is 5.97 Å². The first-order valence-corrected chi connectivity index (χ1v) is 10.5. The molecule has 6 heteroatoms. The molecule has 0 spiro atoms. The average Bonchev–Trinajstić information content (AvgIpc) is 3.07. The van der Waals surface area contributed by atoms with Gasteiger partial charge in [-0.25, -0.2) is 0 Å². The van der Waals surface area contributed by atoms with E-state index in [9.17, 15) is 14.4 Å². The second-order valence-electron chi connectivity index (χ2n) is 8.53. The smallest absolute Gasteiger partial charge is 0.309 e. The summed E-state index contributed by atoms with van der Waals surface area (Å²) in [7, 11) is 0. The Balaban J connectivity index is 1.85. The Kier molecular flexibility index (Phi) is 7.20.